The number of aromatic nitrogens is 1. The number of nitrogens with one attached hydrogen (secondary N) is 1. The van der Waals surface area contributed by atoms with Gasteiger partial charge in [-0.25, -0.2) is 4.98 Å². The van der Waals surface area contributed by atoms with E-state index in [1.54, 1.807) is 30.3 Å². The lowest BCUT2D eigenvalue weighted by Gasteiger charge is -2.27. The van der Waals surface area contributed by atoms with Crippen molar-refractivity contribution in [1.82, 2.24) is 20.1 Å². The van der Waals surface area contributed by atoms with E-state index in [1.165, 1.54) is 12.8 Å². The summed E-state index contributed by atoms with van der Waals surface area (Å²) >= 11 is 1.59. The van der Waals surface area contributed by atoms with Crippen LogP contribution in [-0.4, -0.2) is 61.5 Å². The van der Waals surface area contributed by atoms with Crippen LogP contribution in [-0.2, 0) is 17.8 Å². The standard InChI is InChI=1S/C15H26N4OS/c1-18(2)15(20)7-14-17-13(11-21-14)10-19(3)9-12-5-4-6-16-8-12/h11-12,16H,4-10H2,1-3H3. The van der Waals surface area contributed by atoms with E-state index in [0.29, 0.717) is 6.42 Å². The van der Waals surface area contributed by atoms with Gasteiger partial charge in [0.05, 0.1) is 12.1 Å². The largest absolute Gasteiger partial charge is 0.348 e. The quantitative estimate of drug-likeness (QED) is 0.858. The SMILES string of the molecule is CN(Cc1csc(CC(=O)N(C)C)n1)CC1CCCNC1. The molecule has 0 bridgehead atoms. The van der Waals surface area contributed by atoms with Crippen molar-refractivity contribution in [1.29, 1.82) is 0 Å². The van der Waals surface area contributed by atoms with E-state index in [9.17, 15) is 4.79 Å². The molecule has 21 heavy (non-hydrogen) atoms. The zero-order chi connectivity index (χ0) is 15.2. The summed E-state index contributed by atoms with van der Waals surface area (Å²) in [5.41, 5.74) is 1.08. The van der Waals surface area contributed by atoms with Crippen molar-refractivity contribution < 1.29 is 4.79 Å². The normalized spacial score (nSPS) is 19.0. The maximum absolute atomic E-state index is 11.7. The van der Waals surface area contributed by atoms with Crippen LogP contribution in [0.1, 0.15) is 23.5 Å². The molecule has 0 radical (unpaired) electrons. The molecule has 1 aliphatic heterocycles. The van der Waals surface area contributed by atoms with Crippen LogP contribution in [0.5, 0.6) is 0 Å². The van der Waals surface area contributed by atoms with E-state index in [1.807, 2.05) is 0 Å². The average Bonchev–Trinajstić information content (AvgIpc) is 2.86. The van der Waals surface area contributed by atoms with Crippen molar-refractivity contribution in [2.24, 2.45) is 5.92 Å². The summed E-state index contributed by atoms with van der Waals surface area (Å²) < 4.78 is 0. The first-order valence-electron chi connectivity index (χ1n) is 7.57. The second kappa shape index (κ2) is 7.87. The number of nitrogens with zero attached hydrogens (tertiary/aromatic N) is 3. The second-order valence-electron chi connectivity index (χ2n) is 6.11. The Labute approximate surface area is 131 Å². The Balaban J connectivity index is 1.79. The highest BCUT2D eigenvalue weighted by atomic mass is 32.1. The van der Waals surface area contributed by atoms with Gasteiger partial charge in [0.1, 0.15) is 5.01 Å². The summed E-state index contributed by atoms with van der Waals surface area (Å²) in [6.07, 6.45) is 3.01. The van der Waals surface area contributed by atoms with E-state index in [-0.39, 0.29) is 5.91 Å². The van der Waals surface area contributed by atoms with Crippen molar-refractivity contribution in [2.75, 3.05) is 40.8 Å². The zero-order valence-electron chi connectivity index (χ0n) is 13.3. The molecule has 0 aliphatic carbocycles. The number of piperidine rings is 1. The summed E-state index contributed by atoms with van der Waals surface area (Å²) in [7, 11) is 5.71. The van der Waals surface area contributed by atoms with Crippen LogP contribution in [0.15, 0.2) is 5.38 Å². The average molecular weight is 310 g/mol. The Kier molecular flexibility index (Phi) is 6.14. The summed E-state index contributed by atoms with van der Waals surface area (Å²) in [4.78, 5) is 20.2. The molecule has 1 aliphatic rings. The van der Waals surface area contributed by atoms with E-state index >= 15 is 0 Å². The van der Waals surface area contributed by atoms with Gasteiger partial charge in [0, 0.05) is 32.6 Å². The van der Waals surface area contributed by atoms with Crippen LogP contribution < -0.4 is 5.32 Å². The molecule has 1 aromatic heterocycles. The van der Waals surface area contributed by atoms with Crippen LogP contribution in [0.25, 0.3) is 0 Å². The van der Waals surface area contributed by atoms with Gasteiger partial charge in [-0.2, -0.15) is 0 Å². The first kappa shape index (κ1) is 16.4. The minimum absolute atomic E-state index is 0.109. The highest BCUT2D eigenvalue weighted by Crippen LogP contribution is 2.15. The summed E-state index contributed by atoms with van der Waals surface area (Å²) in [5.74, 6) is 0.856. The molecule has 1 N–H and O–H groups in total. The Morgan fingerprint density at radius 1 is 1.48 bits per heavy atom. The number of amides is 1. The number of likely N-dealkylation sites (N-methyl/N-ethyl adjacent to an activating group) is 1. The number of rotatable bonds is 6. The van der Waals surface area contributed by atoms with Crippen molar-refractivity contribution in [2.45, 2.75) is 25.8 Å². The topological polar surface area (TPSA) is 48.5 Å². The number of carbonyl (C=O) groups excluding carboxylic acids is 1. The van der Waals surface area contributed by atoms with Gasteiger partial charge >= 0.3 is 0 Å². The molecule has 1 unspecified atom stereocenters. The molecule has 6 heteroatoms. The van der Waals surface area contributed by atoms with E-state index in [0.717, 1.165) is 42.8 Å². The van der Waals surface area contributed by atoms with Crippen molar-refractivity contribution >= 4 is 17.2 Å². The molecular weight excluding hydrogens is 284 g/mol. The van der Waals surface area contributed by atoms with Gasteiger partial charge in [-0.05, 0) is 38.9 Å². The van der Waals surface area contributed by atoms with Gasteiger partial charge in [0.25, 0.3) is 0 Å². The first-order chi connectivity index (χ1) is 10.0. The molecule has 1 aromatic rings. The molecule has 1 fully saturated rings. The van der Waals surface area contributed by atoms with Crippen LogP contribution in [0.4, 0.5) is 0 Å². The van der Waals surface area contributed by atoms with Crippen molar-refractivity contribution in [3.8, 4) is 0 Å². The van der Waals surface area contributed by atoms with Crippen molar-refractivity contribution in [3.05, 3.63) is 16.1 Å². The highest BCUT2D eigenvalue weighted by Gasteiger charge is 2.16. The number of hydrogen-bond donors (Lipinski definition) is 1. The lowest BCUT2D eigenvalue weighted by Crippen LogP contribution is -2.36. The minimum atomic E-state index is 0.109. The third-order valence-corrected chi connectivity index (χ3v) is 4.70. The molecule has 5 nitrogen and oxygen atoms in total. The zero-order valence-corrected chi connectivity index (χ0v) is 14.1. The van der Waals surface area contributed by atoms with E-state index in [2.05, 4.69) is 27.6 Å². The van der Waals surface area contributed by atoms with E-state index in [4.69, 9.17) is 0 Å². The highest BCUT2D eigenvalue weighted by molar-refractivity contribution is 7.09. The predicted molar refractivity (Wildman–Crippen MR) is 86.4 cm³/mol. The Morgan fingerprint density at radius 3 is 2.95 bits per heavy atom. The number of thiazole rings is 1. The molecule has 1 atom stereocenters. The fraction of sp³-hybridized carbons (Fsp3) is 0.733. The molecule has 1 amide bonds. The maximum Gasteiger partial charge on any atom is 0.228 e. The molecule has 0 aromatic carbocycles. The fourth-order valence-corrected chi connectivity index (χ4v) is 3.43. The Morgan fingerprint density at radius 2 is 2.29 bits per heavy atom. The van der Waals surface area contributed by atoms with Gasteiger partial charge in [0.15, 0.2) is 0 Å². The monoisotopic (exact) mass is 310 g/mol. The van der Waals surface area contributed by atoms with Crippen molar-refractivity contribution in [3.63, 3.8) is 0 Å². The van der Waals surface area contributed by atoms with Crippen LogP contribution in [0, 0.1) is 5.92 Å². The van der Waals surface area contributed by atoms with Gasteiger partial charge in [0.2, 0.25) is 5.91 Å². The first-order valence-corrected chi connectivity index (χ1v) is 8.45. The minimum Gasteiger partial charge on any atom is -0.348 e. The molecule has 1 saturated heterocycles. The fourth-order valence-electron chi connectivity index (χ4n) is 2.65. The molecule has 2 heterocycles. The summed E-state index contributed by atoms with van der Waals surface area (Å²) in [6.45, 7) is 4.26. The van der Waals surface area contributed by atoms with Gasteiger partial charge < -0.3 is 15.1 Å². The molecule has 0 spiro atoms. The second-order valence-corrected chi connectivity index (χ2v) is 7.05. The third-order valence-electron chi connectivity index (χ3n) is 3.80. The molecule has 0 saturated carbocycles. The maximum atomic E-state index is 11.7. The van der Waals surface area contributed by atoms with Crippen LogP contribution in [0.3, 0.4) is 0 Å². The van der Waals surface area contributed by atoms with Crippen LogP contribution in [0.2, 0.25) is 0 Å². The number of carbonyl (C=O) groups is 1. The van der Waals surface area contributed by atoms with E-state index < -0.39 is 0 Å². The molecular formula is C15H26N4OS. The summed E-state index contributed by atoms with van der Waals surface area (Å²) in [6, 6.07) is 0. The van der Waals surface area contributed by atoms with Crippen LogP contribution >= 0.6 is 11.3 Å². The van der Waals surface area contributed by atoms with Gasteiger partial charge in [-0.3, -0.25) is 4.79 Å². The Bertz CT molecular complexity index is 454. The lowest BCUT2D eigenvalue weighted by molar-refractivity contribution is -0.127. The number of hydrogen-bond acceptors (Lipinski definition) is 5. The van der Waals surface area contributed by atoms with Gasteiger partial charge in [-0.15, -0.1) is 11.3 Å². The molecule has 2 rings (SSSR count). The van der Waals surface area contributed by atoms with Gasteiger partial charge in [-0.1, -0.05) is 0 Å². The summed E-state index contributed by atoms with van der Waals surface area (Å²) in [5, 5.41) is 6.45. The molecule has 118 valence electrons. The predicted octanol–water partition coefficient (Wildman–Crippen LogP) is 1.21. The lowest BCUT2D eigenvalue weighted by atomic mass is 9.99. The smallest absolute Gasteiger partial charge is 0.228 e. The Hall–Kier alpha value is -0.980. The third kappa shape index (κ3) is 5.37.